The summed E-state index contributed by atoms with van der Waals surface area (Å²) >= 11 is 0. The largest absolute Gasteiger partial charge is 0.481 e. The summed E-state index contributed by atoms with van der Waals surface area (Å²) in [5.74, 6) is 0.0628. The van der Waals surface area contributed by atoms with Crippen LogP contribution in [0.5, 0.6) is 5.88 Å². The quantitative estimate of drug-likeness (QED) is 0.851. The number of aromatic nitrogens is 1. The van der Waals surface area contributed by atoms with Gasteiger partial charge in [-0.05, 0) is 17.5 Å². The van der Waals surface area contributed by atoms with Crippen molar-refractivity contribution < 1.29 is 22.7 Å². The van der Waals surface area contributed by atoms with Crippen LogP contribution in [0.3, 0.4) is 0 Å². The molecule has 1 aliphatic heterocycles. The molecule has 0 bridgehead atoms. The highest BCUT2D eigenvalue weighted by Crippen LogP contribution is 2.25. The molecule has 1 aromatic heterocycles. The number of carbonyl (C=O) groups excluding carboxylic acids is 1. The van der Waals surface area contributed by atoms with E-state index in [1.807, 2.05) is 24.3 Å². The third-order valence-electron chi connectivity index (χ3n) is 4.18. The van der Waals surface area contributed by atoms with E-state index in [2.05, 4.69) is 4.98 Å². The molecular formula is C17H18F3N3O2. The topological polar surface area (TPSA) is 45.7 Å². The third-order valence-corrected chi connectivity index (χ3v) is 4.18. The second-order valence-corrected chi connectivity index (χ2v) is 5.92. The first-order valence-electron chi connectivity index (χ1n) is 7.89. The van der Waals surface area contributed by atoms with Crippen LogP contribution in [0.25, 0.3) is 10.8 Å². The zero-order valence-electron chi connectivity index (χ0n) is 13.7. The number of fused-ring (bicyclic) bond motifs is 1. The molecule has 25 heavy (non-hydrogen) atoms. The zero-order chi connectivity index (χ0) is 18.0. The lowest BCUT2D eigenvalue weighted by molar-refractivity contribution is -0.148. The molecule has 0 N–H and O–H groups in total. The highest BCUT2D eigenvalue weighted by Gasteiger charge is 2.33. The van der Waals surface area contributed by atoms with Crippen molar-refractivity contribution in [3.8, 4) is 5.88 Å². The van der Waals surface area contributed by atoms with E-state index in [-0.39, 0.29) is 37.8 Å². The molecule has 0 radical (unpaired) electrons. The summed E-state index contributed by atoms with van der Waals surface area (Å²) in [7, 11) is 1.49. The van der Waals surface area contributed by atoms with Crippen molar-refractivity contribution in [1.82, 2.24) is 14.8 Å². The van der Waals surface area contributed by atoms with E-state index >= 15 is 0 Å². The predicted octanol–water partition coefficient (Wildman–Crippen LogP) is 2.56. The Morgan fingerprint density at radius 3 is 2.52 bits per heavy atom. The van der Waals surface area contributed by atoms with Crippen LogP contribution in [0.15, 0.2) is 30.3 Å². The first-order chi connectivity index (χ1) is 11.9. The maximum atomic E-state index is 12.7. The number of hydrogen-bond donors (Lipinski definition) is 0. The van der Waals surface area contributed by atoms with E-state index in [0.717, 1.165) is 10.8 Å². The van der Waals surface area contributed by atoms with Crippen LogP contribution < -0.4 is 4.74 Å². The lowest BCUT2D eigenvalue weighted by Gasteiger charge is -2.34. The number of benzene rings is 1. The number of nitrogens with zero attached hydrogens (tertiary/aromatic N) is 3. The lowest BCUT2D eigenvalue weighted by atomic mass is 10.1. The number of ether oxygens (including phenoxy) is 1. The smallest absolute Gasteiger partial charge is 0.401 e. The first kappa shape index (κ1) is 17.5. The molecule has 1 amide bonds. The van der Waals surface area contributed by atoms with Gasteiger partial charge < -0.3 is 9.64 Å². The molecular weight excluding hydrogens is 335 g/mol. The van der Waals surface area contributed by atoms with Crippen LogP contribution in [0, 0.1) is 0 Å². The normalized spacial score (nSPS) is 16.2. The Hall–Kier alpha value is -2.35. The number of piperazine rings is 1. The van der Waals surface area contributed by atoms with Crippen LogP contribution in [-0.2, 0) is 0 Å². The summed E-state index contributed by atoms with van der Waals surface area (Å²) in [6.45, 7) is -0.0829. The molecule has 0 atom stereocenters. The second kappa shape index (κ2) is 6.87. The number of pyridine rings is 1. The summed E-state index contributed by atoms with van der Waals surface area (Å²) in [6, 6.07) is 9.10. The minimum absolute atomic E-state index is 0.190. The van der Waals surface area contributed by atoms with Crippen molar-refractivity contribution in [3.63, 3.8) is 0 Å². The predicted molar refractivity (Wildman–Crippen MR) is 86.7 cm³/mol. The van der Waals surface area contributed by atoms with Crippen molar-refractivity contribution in [3.05, 3.63) is 36.0 Å². The minimum Gasteiger partial charge on any atom is -0.481 e. The van der Waals surface area contributed by atoms with Crippen LogP contribution >= 0.6 is 0 Å². The fraction of sp³-hybridized carbons (Fsp3) is 0.412. The van der Waals surface area contributed by atoms with Gasteiger partial charge in [0.2, 0.25) is 5.88 Å². The lowest BCUT2D eigenvalue weighted by Crippen LogP contribution is -2.51. The SMILES string of the molecule is COc1nc(C(=O)N2CCN(CC(F)(F)F)CC2)cc2ccccc12. The molecule has 5 nitrogen and oxygen atoms in total. The zero-order valence-corrected chi connectivity index (χ0v) is 13.7. The minimum atomic E-state index is -4.22. The Bertz CT molecular complexity index is 771. The van der Waals surface area contributed by atoms with E-state index in [9.17, 15) is 18.0 Å². The summed E-state index contributed by atoms with van der Waals surface area (Å²) in [5, 5.41) is 1.63. The van der Waals surface area contributed by atoms with Gasteiger partial charge in [0.15, 0.2) is 0 Å². The molecule has 1 aliphatic rings. The van der Waals surface area contributed by atoms with Gasteiger partial charge in [0.1, 0.15) is 5.69 Å². The van der Waals surface area contributed by atoms with Gasteiger partial charge in [0.05, 0.1) is 13.7 Å². The molecule has 134 valence electrons. The van der Waals surface area contributed by atoms with Gasteiger partial charge in [-0.1, -0.05) is 18.2 Å². The molecule has 1 aromatic carbocycles. The molecule has 1 saturated heterocycles. The number of rotatable bonds is 3. The second-order valence-electron chi connectivity index (χ2n) is 5.92. The monoisotopic (exact) mass is 353 g/mol. The van der Waals surface area contributed by atoms with Crippen molar-refractivity contribution >= 4 is 16.7 Å². The number of alkyl halides is 3. The Kier molecular flexibility index (Phi) is 4.80. The number of hydrogen-bond acceptors (Lipinski definition) is 4. The molecule has 0 unspecified atom stereocenters. The molecule has 8 heteroatoms. The molecule has 0 saturated carbocycles. The average molecular weight is 353 g/mol. The van der Waals surface area contributed by atoms with Gasteiger partial charge in [-0.3, -0.25) is 9.69 Å². The Morgan fingerprint density at radius 1 is 1.20 bits per heavy atom. The molecule has 3 rings (SSSR count). The van der Waals surface area contributed by atoms with E-state index in [1.165, 1.54) is 16.9 Å². The van der Waals surface area contributed by atoms with Crippen LogP contribution in [-0.4, -0.2) is 66.7 Å². The summed E-state index contributed by atoms with van der Waals surface area (Å²) in [6.07, 6.45) is -4.22. The van der Waals surface area contributed by atoms with Gasteiger partial charge in [-0.15, -0.1) is 0 Å². The number of amides is 1. The number of carbonyl (C=O) groups is 1. The molecule has 0 spiro atoms. The Labute approximate surface area is 143 Å². The Morgan fingerprint density at radius 2 is 1.88 bits per heavy atom. The third kappa shape index (κ3) is 4.01. The van der Waals surface area contributed by atoms with Crippen LogP contribution in [0.1, 0.15) is 10.5 Å². The maximum Gasteiger partial charge on any atom is 0.401 e. The van der Waals surface area contributed by atoms with E-state index in [1.54, 1.807) is 6.07 Å². The van der Waals surface area contributed by atoms with Gasteiger partial charge >= 0.3 is 6.18 Å². The van der Waals surface area contributed by atoms with Gasteiger partial charge in [-0.2, -0.15) is 13.2 Å². The highest BCUT2D eigenvalue weighted by molar-refractivity contribution is 5.98. The summed E-state index contributed by atoms with van der Waals surface area (Å²) in [4.78, 5) is 19.8. The number of halogens is 3. The first-order valence-corrected chi connectivity index (χ1v) is 7.89. The summed E-state index contributed by atoms with van der Waals surface area (Å²) < 4.78 is 42.6. The van der Waals surface area contributed by atoms with Gasteiger partial charge in [0.25, 0.3) is 5.91 Å². The van der Waals surface area contributed by atoms with Gasteiger partial charge in [-0.25, -0.2) is 4.98 Å². The van der Waals surface area contributed by atoms with E-state index < -0.39 is 12.7 Å². The fourth-order valence-corrected chi connectivity index (χ4v) is 2.96. The fourth-order valence-electron chi connectivity index (χ4n) is 2.96. The Balaban J connectivity index is 1.75. The highest BCUT2D eigenvalue weighted by atomic mass is 19.4. The average Bonchev–Trinajstić information content (AvgIpc) is 2.59. The molecule has 2 heterocycles. The maximum absolute atomic E-state index is 12.7. The van der Waals surface area contributed by atoms with Crippen molar-refractivity contribution in [2.75, 3.05) is 39.8 Å². The molecule has 1 fully saturated rings. The summed E-state index contributed by atoms with van der Waals surface area (Å²) in [5.41, 5.74) is 0.236. The van der Waals surface area contributed by atoms with Crippen LogP contribution in [0.4, 0.5) is 13.2 Å². The molecule has 0 aliphatic carbocycles. The van der Waals surface area contributed by atoms with Crippen molar-refractivity contribution in [2.24, 2.45) is 0 Å². The van der Waals surface area contributed by atoms with Crippen molar-refractivity contribution in [2.45, 2.75) is 6.18 Å². The number of methoxy groups -OCH3 is 1. The standard InChI is InChI=1S/C17H18F3N3O2/c1-25-15-13-5-3-2-4-12(13)10-14(21-15)16(24)23-8-6-22(7-9-23)11-17(18,19)20/h2-5,10H,6-9,11H2,1H3. The van der Waals surface area contributed by atoms with Crippen molar-refractivity contribution in [1.29, 1.82) is 0 Å². The van der Waals surface area contributed by atoms with E-state index in [4.69, 9.17) is 4.74 Å². The van der Waals surface area contributed by atoms with Crippen LogP contribution in [0.2, 0.25) is 0 Å². The van der Waals surface area contributed by atoms with E-state index in [0.29, 0.717) is 5.88 Å². The van der Waals surface area contributed by atoms with Gasteiger partial charge in [0, 0.05) is 31.6 Å². The molecule has 2 aromatic rings.